The maximum absolute atomic E-state index is 9.17. The summed E-state index contributed by atoms with van der Waals surface area (Å²) in [6.45, 7) is 1.96. The lowest BCUT2D eigenvalue weighted by molar-refractivity contribution is 0.203. The Kier molecular flexibility index (Phi) is 4.19. The number of piperidine rings is 1. The van der Waals surface area contributed by atoms with E-state index < -0.39 is 0 Å². The van der Waals surface area contributed by atoms with Gasteiger partial charge in [-0.2, -0.15) is 5.26 Å². The minimum atomic E-state index is -0.0401. The quantitative estimate of drug-likeness (QED) is 0.842. The Bertz CT molecular complexity index is 446. The molecular formula is C14H18N2O2. The minimum Gasteiger partial charge on any atom is -0.396 e. The van der Waals surface area contributed by atoms with Gasteiger partial charge in [0.2, 0.25) is 0 Å². The smallest absolute Gasteiger partial charge is 0.101 e. The van der Waals surface area contributed by atoms with E-state index in [0.29, 0.717) is 11.5 Å². The molecule has 1 aliphatic heterocycles. The number of benzene rings is 1. The summed E-state index contributed by atoms with van der Waals surface area (Å²) < 4.78 is 0. The molecule has 1 aromatic rings. The van der Waals surface area contributed by atoms with Crippen molar-refractivity contribution in [1.29, 1.82) is 5.26 Å². The Balaban J connectivity index is 2.16. The molecule has 0 aromatic heterocycles. The lowest BCUT2D eigenvalue weighted by Gasteiger charge is -2.33. The van der Waals surface area contributed by atoms with Gasteiger partial charge in [0, 0.05) is 19.7 Å². The summed E-state index contributed by atoms with van der Waals surface area (Å²) in [5, 5.41) is 27.4. The molecule has 0 spiro atoms. The van der Waals surface area contributed by atoms with Crippen molar-refractivity contribution in [3.8, 4) is 6.07 Å². The van der Waals surface area contributed by atoms with Gasteiger partial charge in [-0.15, -0.1) is 0 Å². The van der Waals surface area contributed by atoms with E-state index in [1.54, 1.807) is 6.07 Å². The molecule has 0 unspecified atom stereocenters. The van der Waals surface area contributed by atoms with Crippen LogP contribution in [0.3, 0.4) is 0 Å². The van der Waals surface area contributed by atoms with Crippen molar-refractivity contribution < 1.29 is 10.2 Å². The number of aliphatic hydroxyl groups excluding tert-OH is 2. The Morgan fingerprint density at radius 2 is 2.00 bits per heavy atom. The summed E-state index contributed by atoms with van der Waals surface area (Å²) in [6, 6.07) is 7.70. The fourth-order valence-electron chi connectivity index (χ4n) is 2.40. The topological polar surface area (TPSA) is 67.5 Å². The lowest BCUT2D eigenvalue weighted by Crippen LogP contribution is -2.35. The van der Waals surface area contributed by atoms with E-state index in [1.165, 1.54) is 0 Å². The Labute approximate surface area is 107 Å². The van der Waals surface area contributed by atoms with Gasteiger partial charge >= 0.3 is 0 Å². The number of nitriles is 1. The maximum Gasteiger partial charge on any atom is 0.101 e. The molecule has 18 heavy (non-hydrogen) atoms. The number of anilines is 1. The van der Waals surface area contributed by atoms with Crippen molar-refractivity contribution in [2.75, 3.05) is 24.6 Å². The second kappa shape index (κ2) is 5.85. The van der Waals surface area contributed by atoms with Crippen molar-refractivity contribution in [1.82, 2.24) is 0 Å². The van der Waals surface area contributed by atoms with E-state index in [-0.39, 0.29) is 13.2 Å². The van der Waals surface area contributed by atoms with Crippen LogP contribution in [-0.4, -0.2) is 29.9 Å². The highest BCUT2D eigenvalue weighted by atomic mass is 16.3. The third-order valence-electron chi connectivity index (χ3n) is 3.58. The average molecular weight is 246 g/mol. The molecule has 0 saturated carbocycles. The molecule has 0 atom stereocenters. The first-order valence-electron chi connectivity index (χ1n) is 6.28. The van der Waals surface area contributed by atoms with Gasteiger partial charge in [0.05, 0.1) is 17.9 Å². The van der Waals surface area contributed by atoms with Gasteiger partial charge in [0.1, 0.15) is 6.07 Å². The van der Waals surface area contributed by atoms with Crippen LogP contribution in [0, 0.1) is 17.2 Å². The zero-order chi connectivity index (χ0) is 13.0. The molecule has 2 N–H and O–H groups in total. The lowest BCUT2D eigenvalue weighted by atomic mass is 9.96. The molecule has 4 heteroatoms. The first-order valence-corrected chi connectivity index (χ1v) is 6.28. The third-order valence-corrected chi connectivity index (χ3v) is 3.58. The Morgan fingerprint density at radius 3 is 2.56 bits per heavy atom. The van der Waals surface area contributed by atoms with Crippen molar-refractivity contribution in [2.45, 2.75) is 19.4 Å². The fraction of sp³-hybridized carbons (Fsp3) is 0.500. The average Bonchev–Trinajstić information content (AvgIpc) is 2.46. The van der Waals surface area contributed by atoms with Crippen LogP contribution in [-0.2, 0) is 6.61 Å². The standard InChI is InChI=1S/C14H18N2O2/c15-8-13-7-12(10-18)1-2-14(13)16-5-3-11(9-17)4-6-16/h1-2,7,11,17-18H,3-6,9-10H2. The van der Waals surface area contributed by atoms with E-state index in [2.05, 4.69) is 11.0 Å². The number of rotatable bonds is 3. The summed E-state index contributed by atoms with van der Waals surface area (Å²) in [5.41, 5.74) is 2.32. The molecule has 1 aliphatic rings. The van der Waals surface area contributed by atoms with Gasteiger partial charge < -0.3 is 15.1 Å². The van der Waals surface area contributed by atoms with Gasteiger partial charge in [0.25, 0.3) is 0 Å². The molecule has 1 heterocycles. The predicted octanol–water partition coefficient (Wildman–Crippen LogP) is 1.26. The first kappa shape index (κ1) is 12.9. The molecule has 0 radical (unpaired) electrons. The molecular weight excluding hydrogens is 228 g/mol. The number of nitrogens with zero attached hydrogens (tertiary/aromatic N) is 2. The normalized spacial score (nSPS) is 16.6. The molecule has 0 aliphatic carbocycles. The van der Waals surface area contributed by atoms with E-state index in [0.717, 1.165) is 37.2 Å². The highest BCUT2D eigenvalue weighted by molar-refractivity contribution is 5.60. The SMILES string of the molecule is N#Cc1cc(CO)ccc1N1CCC(CO)CC1. The Morgan fingerprint density at radius 1 is 1.28 bits per heavy atom. The molecule has 1 fully saturated rings. The second-order valence-electron chi connectivity index (χ2n) is 4.73. The summed E-state index contributed by atoms with van der Waals surface area (Å²) in [5.74, 6) is 0.392. The molecule has 4 nitrogen and oxygen atoms in total. The minimum absolute atomic E-state index is 0.0401. The predicted molar refractivity (Wildman–Crippen MR) is 69.1 cm³/mol. The van der Waals surface area contributed by atoms with Crippen LogP contribution >= 0.6 is 0 Å². The van der Waals surface area contributed by atoms with Gasteiger partial charge in [-0.25, -0.2) is 0 Å². The molecule has 0 amide bonds. The van der Waals surface area contributed by atoms with Crippen molar-refractivity contribution >= 4 is 5.69 Å². The largest absolute Gasteiger partial charge is 0.396 e. The molecule has 0 bridgehead atoms. The number of hydrogen-bond acceptors (Lipinski definition) is 4. The molecule has 1 saturated heterocycles. The highest BCUT2D eigenvalue weighted by Gasteiger charge is 2.20. The van der Waals surface area contributed by atoms with E-state index >= 15 is 0 Å². The van der Waals surface area contributed by atoms with E-state index in [9.17, 15) is 0 Å². The van der Waals surface area contributed by atoms with Crippen LogP contribution < -0.4 is 4.90 Å². The number of hydrogen-bond donors (Lipinski definition) is 2. The van der Waals surface area contributed by atoms with Gasteiger partial charge in [-0.05, 0) is 36.5 Å². The van der Waals surface area contributed by atoms with Crippen LogP contribution in [0.5, 0.6) is 0 Å². The third kappa shape index (κ3) is 2.63. The van der Waals surface area contributed by atoms with Crippen LogP contribution in [0.2, 0.25) is 0 Å². The monoisotopic (exact) mass is 246 g/mol. The van der Waals surface area contributed by atoms with Gasteiger partial charge in [0.15, 0.2) is 0 Å². The maximum atomic E-state index is 9.17. The summed E-state index contributed by atoms with van der Waals surface area (Å²) in [6.07, 6.45) is 1.92. The zero-order valence-electron chi connectivity index (χ0n) is 10.3. The van der Waals surface area contributed by atoms with Crippen LogP contribution in [0.25, 0.3) is 0 Å². The van der Waals surface area contributed by atoms with Crippen molar-refractivity contribution in [3.63, 3.8) is 0 Å². The zero-order valence-corrected chi connectivity index (χ0v) is 10.3. The van der Waals surface area contributed by atoms with Crippen LogP contribution in [0.1, 0.15) is 24.0 Å². The van der Waals surface area contributed by atoms with Gasteiger partial charge in [-0.1, -0.05) is 6.07 Å². The van der Waals surface area contributed by atoms with E-state index in [4.69, 9.17) is 15.5 Å². The van der Waals surface area contributed by atoms with Gasteiger partial charge in [-0.3, -0.25) is 0 Å². The Hall–Kier alpha value is -1.57. The second-order valence-corrected chi connectivity index (χ2v) is 4.73. The first-order chi connectivity index (χ1) is 8.78. The van der Waals surface area contributed by atoms with Crippen molar-refractivity contribution in [2.24, 2.45) is 5.92 Å². The fourth-order valence-corrected chi connectivity index (χ4v) is 2.40. The molecule has 2 rings (SSSR count). The summed E-state index contributed by atoms with van der Waals surface area (Å²) in [4.78, 5) is 2.19. The summed E-state index contributed by atoms with van der Waals surface area (Å²) in [7, 11) is 0. The highest BCUT2D eigenvalue weighted by Crippen LogP contribution is 2.26. The molecule has 96 valence electrons. The van der Waals surface area contributed by atoms with Crippen LogP contribution in [0.4, 0.5) is 5.69 Å². The number of aliphatic hydroxyl groups is 2. The summed E-state index contributed by atoms with van der Waals surface area (Å²) >= 11 is 0. The van der Waals surface area contributed by atoms with Crippen LogP contribution in [0.15, 0.2) is 18.2 Å². The van der Waals surface area contributed by atoms with Crippen molar-refractivity contribution in [3.05, 3.63) is 29.3 Å². The van der Waals surface area contributed by atoms with E-state index in [1.807, 2.05) is 12.1 Å². The molecule has 1 aromatic carbocycles.